The Hall–Kier alpha value is -2.76. The van der Waals surface area contributed by atoms with Gasteiger partial charge in [0.25, 0.3) is 0 Å². The molecular formula is C31H26Zr. The second-order valence-electron chi connectivity index (χ2n) is 9.05. The summed E-state index contributed by atoms with van der Waals surface area (Å²) in [5, 5.41) is 0. The Morgan fingerprint density at radius 1 is 0.625 bits per heavy atom. The van der Waals surface area contributed by atoms with E-state index in [9.17, 15) is 0 Å². The van der Waals surface area contributed by atoms with Crippen LogP contribution < -0.4 is 6.54 Å². The summed E-state index contributed by atoms with van der Waals surface area (Å²) in [6.07, 6.45) is 7.83. The van der Waals surface area contributed by atoms with E-state index in [1.807, 2.05) is 0 Å². The van der Waals surface area contributed by atoms with Gasteiger partial charge in [-0.05, 0) is 0 Å². The molecule has 0 heterocycles. The van der Waals surface area contributed by atoms with Gasteiger partial charge in [-0.3, -0.25) is 0 Å². The van der Waals surface area contributed by atoms with Crippen molar-refractivity contribution < 1.29 is 20.3 Å². The first-order valence-corrected chi connectivity index (χ1v) is 17.8. The van der Waals surface area contributed by atoms with Gasteiger partial charge in [0.2, 0.25) is 0 Å². The van der Waals surface area contributed by atoms with E-state index in [4.69, 9.17) is 0 Å². The fourth-order valence-corrected chi connectivity index (χ4v) is 17.0. The third kappa shape index (κ3) is 2.99. The van der Waals surface area contributed by atoms with Crippen LogP contribution in [0.1, 0.15) is 26.7 Å². The molecule has 0 nitrogen and oxygen atoms in total. The summed E-state index contributed by atoms with van der Waals surface area (Å²) >= 11 is -3.22. The molecule has 0 spiro atoms. The first-order valence-electron chi connectivity index (χ1n) is 11.5. The van der Waals surface area contributed by atoms with Crippen LogP contribution in [-0.4, -0.2) is 0 Å². The molecule has 4 aromatic carbocycles. The van der Waals surface area contributed by atoms with E-state index in [1.165, 1.54) is 27.8 Å². The summed E-state index contributed by atoms with van der Waals surface area (Å²) in [5.41, 5.74) is 8.85. The second-order valence-corrected chi connectivity index (χ2v) is 19.2. The molecule has 32 heavy (non-hydrogen) atoms. The number of hydrogen-bond donors (Lipinski definition) is 0. The molecule has 0 amide bonds. The van der Waals surface area contributed by atoms with Gasteiger partial charge in [-0.1, -0.05) is 0 Å². The molecule has 4 aromatic rings. The van der Waals surface area contributed by atoms with Gasteiger partial charge in [0.05, 0.1) is 0 Å². The molecule has 2 aliphatic rings. The molecule has 2 aliphatic carbocycles. The van der Waals surface area contributed by atoms with Gasteiger partial charge in [0, 0.05) is 0 Å². The first-order chi connectivity index (χ1) is 15.8. The zero-order valence-electron chi connectivity index (χ0n) is 18.3. The van der Waals surface area contributed by atoms with Crippen LogP contribution in [-0.2, 0) is 20.3 Å². The molecule has 6 rings (SSSR count). The third-order valence-corrected chi connectivity index (χ3v) is 19.2. The van der Waals surface area contributed by atoms with Crippen LogP contribution in [0, 0.1) is 0 Å². The predicted octanol–water partition coefficient (Wildman–Crippen LogP) is 6.95. The van der Waals surface area contributed by atoms with Gasteiger partial charge in [-0.15, -0.1) is 0 Å². The van der Waals surface area contributed by atoms with Gasteiger partial charge in [0.1, 0.15) is 0 Å². The minimum atomic E-state index is -3.22. The van der Waals surface area contributed by atoms with Gasteiger partial charge in [0.15, 0.2) is 0 Å². The second kappa shape index (κ2) is 7.98. The zero-order valence-corrected chi connectivity index (χ0v) is 20.8. The van der Waals surface area contributed by atoms with Crippen molar-refractivity contribution in [1.29, 1.82) is 0 Å². The summed E-state index contributed by atoms with van der Waals surface area (Å²) in [7, 11) is 0. The Bertz CT molecular complexity index is 1310. The van der Waals surface area contributed by atoms with Crippen LogP contribution in [0.3, 0.4) is 0 Å². The standard InChI is InChI=1S/C18H13.2C6H5.CH3.Zr/c1-2-7-13(6-1)15-10-5-11-17-16-9-4-3-8-14(16)12-18(15)17;2*1-2-4-6-5-3-1;;/h1-6,8-12H,7H2;2*1-5H;1H3;. The molecule has 1 unspecified atom stereocenters. The van der Waals surface area contributed by atoms with Crippen molar-refractivity contribution in [2.75, 3.05) is 0 Å². The van der Waals surface area contributed by atoms with Gasteiger partial charge in [-0.2, -0.15) is 0 Å². The summed E-state index contributed by atoms with van der Waals surface area (Å²) in [6.45, 7) is 0. The van der Waals surface area contributed by atoms with Gasteiger partial charge >= 0.3 is 196 Å². The summed E-state index contributed by atoms with van der Waals surface area (Å²) in [5.74, 6) is 0. The maximum absolute atomic E-state index is 3.22. The predicted molar refractivity (Wildman–Crippen MR) is 133 cm³/mol. The van der Waals surface area contributed by atoms with E-state index in [-0.39, 0.29) is 0 Å². The molecule has 0 aromatic heterocycles. The van der Waals surface area contributed by atoms with Crippen molar-refractivity contribution in [2.24, 2.45) is 0 Å². The molecule has 154 valence electrons. The molecule has 1 atom stereocenters. The normalized spacial score (nSPS) is 16.5. The van der Waals surface area contributed by atoms with Crippen molar-refractivity contribution in [3.63, 3.8) is 0 Å². The molecule has 0 aliphatic heterocycles. The van der Waals surface area contributed by atoms with Crippen molar-refractivity contribution in [3.05, 3.63) is 138 Å². The van der Waals surface area contributed by atoms with E-state index >= 15 is 0 Å². The molecule has 0 saturated carbocycles. The quantitative estimate of drug-likeness (QED) is 0.291. The van der Waals surface area contributed by atoms with Crippen molar-refractivity contribution in [3.8, 4) is 11.1 Å². The van der Waals surface area contributed by atoms with Crippen LogP contribution >= 0.6 is 0 Å². The molecule has 0 saturated heterocycles. The molecular weight excluding hydrogens is 464 g/mol. The van der Waals surface area contributed by atoms with Crippen LogP contribution in [0.5, 0.6) is 0 Å². The van der Waals surface area contributed by atoms with E-state index in [2.05, 4.69) is 126 Å². The number of benzene rings is 4. The van der Waals surface area contributed by atoms with E-state index in [0.29, 0.717) is 3.63 Å². The first kappa shape index (κ1) is 19.9. The number of hydrogen-bond acceptors (Lipinski definition) is 0. The minimum absolute atomic E-state index is 0.443. The third-order valence-electron chi connectivity index (χ3n) is 7.40. The Balaban J connectivity index is 1.69. The van der Waals surface area contributed by atoms with E-state index < -0.39 is 20.3 Å². The SMILES string of the molecule is [CH3][Zr]([c]1ccccc1)([c]1ccccc1)[CH]1c2ccccc2-c2cccc(C3=CC=CC3)c21. The van der Waals surface area contributed by atoms with Gasteiger partial charge in [-0.25, -0.2) is 0 Å². The Labute approximate surface area is 195 Å². The molecule has 0 fully saturated rings. The fraction of sp³-hybridized carbons (Fsp3) is 0.0968. The number of allylic oxidation sites excluding steroid dienone is 4. The van der Waals surface area contributed by atoms with Crippen molar-refractivity contribution in [2.45, 2.75) is 14.7 Å². The van der Waals surface area contributed by atoms with E-state index in [0.717, 1.165) is 6.42 Å². The van der Waals surface area contributed by atoms with Crippen LogP contribution in [0.4, 0.5) is 0 Å². The van der Waals surface area contributed by atoms with E-state index in [1.54, 1.807) is 12.1 Å². The molecule has 0 N–H and O–H groups in total. The summed E-state index contributed by atoms with van der Waals surface area (Å²) < 4.78 is 6.22. The average molecular weight is 490 g/mol. The number of fused-ring (bicyclic) bond motifs is 3. The molecule has 0 radical (unpaired) electrons. The van der Waals surface area contributed by atoms with Crippen LogP contribution in [0.15, 0.2) is 121 Å². The Morgan fingerprint density at radius 3 is 1.88 bits per heavy atom. The average Bonchev–Trinajstić information content (AvgIpc) is 3.51. The molecule has 1 heteroatoms. The zero-order chi connectivity index (χ0) is 21.5. The van der Waals surface area contributed by atoms with Crippen molar-refractivity contribution in [1.82, 2.24) is 0 Å². The maximum atomic E-state index is 2.65. The monoisotopic (exact) mass is 488 g/mol. The van der Waals surface area contributed by atoms with Crippen molar-refractivity contribution >= 4 is 12.1 Å². The Morgan fingerprint density at radius 2 is 1.22 bits per heavy atom. The number of rotatable bonds is 4. The summed E-state index contributed by atoms with van der Waals surface area (Å²) in [4.78, 5) is 0. The molecule has 0 bridgehead atoms. The van der Waals surface area contributed by atoms with Crippen LogP contribution in [0.25, 0.3) is 16.7 Å². The van der Waals surface area contributed by atoms with Crippen LogP contribution in [0.2, 0.25) is 4.63 Å². The van der Waals surface area contributed by atoms with Gasteiger partial charge < -0.3 is 0 Å². The fourth-order valence-electron chi connectivity index (χ4n) is 5.86. The Kier molecular flexibility index (Phi) is 4.96. The topological polar surface area (TPSA) is 0 Å². The summed E-state index contributed by atoms with van der Waals surface area (Å²) in [6, 6.07) is 38.9.